The fourth-order valence-corrected chi connectivity index (χ4v) is 5.56. The number of hydrogen-bond acceptors (Lipinski definition) is 5. The first-order valence-corrected chi connectivity index (χ1v) is 9.82. The number of aryl methyl sites for hydroxylation is 2. The maximum Gasteiger partial charge on any atom is 0.236 e. The summed E-state index contributed by atoms with van der Waals surface area (Å²) in [5.74, 6) is 0.150. The van der Waals surface area contributed by atoms with Crippen LogP contribution in [-0.2, 0) is 22.9 Å². The number of nitrogens with zero attached hydrogens (tertiary/aromatic N) is 1. The summed E-state index contributed by atoms with van der Waals surface area (Å²) in [4.78, 5) is 5.69. The van der Waals surface area contributed by atoms with E-state index in [1.54, 1.807) is 0 Å². The van der Waals surface area contributed by atoms with Gasteiger partial charge < -0.3 is 5.32 Å². The minimum absolute atomic E-state index is 0.0795. The van der Waals surface area contributed by atoms with Gasteiger partial charge in [0.2, 0.25) is 10.0 Å². The number of hydrogen-bond donors (Lipinski definition) is 2. The molecule has 2 aliphatic rings. The average Bonchev–Trinajstić information content (AvgIpc) is 2.80. The molecule has 1 atom stereocenters. The lowest BCUT2D eigenvalue weighted by Gasteiger charge is -2.23. The third-order valence-electron chi connectivity index (χ3n) is 3.92. The molecule has 1 aromatic heterocycles. The lowest BCUT2D eigenvalue weighted by Crippen LogP contribution is -2.40. The van der Waals surface area contributed by atoms with Crippen LogP contribution in [-0.4, -0.2) is 31.7 Å². The van der Waals surface area contributed by atoms with Crippen molar-refractivity contribution >= 4 is 26.5 Å². The van der Waals surface area contributed by atoms with Crippen molar-refractivity contribution in [1.29, 1.82) is 0 Å². The van der Waals surface area contributed by atoms with E-state index in [-0.39, 0.29) is 11.8 Å². The SMILES string of the molecule is O=S(=O)(CC1CCCCN1)Nc1nc2c(s1)CCCC2. The zero-order chi connectivity index (χ0) is 14.0. The maximum atomic E-state index is 12.2. The van der Waals surface area contributed by atoms with E-state index in [1.165, 1.54) is 22.6 Å². The molecule has 0 amide bonds. The Kier molecular flexibility index (Phi) is 4.28. The first kappa shape index (κ1) is 14.3. The zero-order valence-corrected chi connectivity index (χ0v) is 13.2. The van der Waals surface area contributed by atoms with E-state index in [0.717, 1.165) is 50.8 Å². The third kappa shape index (κ3) is 3.51. The third-order valence-corrected chi connectivity index (χ3v) is 6.47. The minimum atomic E-state index is -3.30. The maximum absolute atomic E-state index is 12.2. The molecule has 1 aliphatic carbocycles. The lowest BCUT2D eigenvalue weighted by molar-refractivity contribution is 0.424. The summed E-state index contributed by atoms with van der Waals surface area (Å²) in [6.07, 6.45) is 7.57. The predicted octanol–water partition coefficient (Wildman–Crippen LogP) is 1.91. The molecule has 7 heteroatoms. The highest BCUT2D eigenvalue weighted by atomic mass is 32.2. The largest absolute Gasteiger partial charge is 0.313 e. The highest BCUT2D eigenvalue weighted by Gasteiger charge is 2.23. The van der Waals surface area contributed by atoms with Crippen LogP contribution in [0.2, 0.25) is 0 Å². The van der Waals surface area contributed by atoms with Gasteiger partial charge in [-0.05, 0) is 45.1 Å². The van der Waals surface area contributed by atoms with Crippen LogP contribution in [0, 0.1) is 0 Å². The number of aromatic nitrogens is 1. The fourth-order valence-electron chi connectivity index (χ4n) is 2.90. The molecule has 0 saturated carbocycles. The van der Waals surface area contributed by atoms with E-state index in [4.69, 9.17) is 0 Å². The number of anilines is 1. The molecule has 1 aliphatic heterocycles. The molecule has 0 spiro atoms. The minimum Gasteiger partial charge on any atom is -0.313 e. The van der Waals surface area contributed by atoms with Gasteiger partial charge in [-0.1, -0.05) is 6.42 Å². The highest BCUT2D eigenvalue weighted by molar-refractivity contribution is 7.92. The normalized spacial score (nSPS) is 23.3. The molecule has 1 fully saturated rings. The number of fused-ring (bicyclic) bond motifs is 1. The molecular weight excluding hydrogens is 294 g/mol. The van der Waals surface area contributed by atoms with Crippen LogP contribution in [0.4, 0.5) is 5.13 Å². The summed E-state index contributed by atoms with van der Waals surface area (Å²) < 4.78 is 27.1. The Morgan fingerprint density at radius 1 is 1.25 bits per heavy atom. The van der Waals surface area contributed by atoms with Crippen LogP contribution in [0.1, 0.15) is 42.7 Å². The van der Waals surface area contributed by atoms with Gasteiger partial charge in [0.15, 0.2) is 5.13 Å². The lowest BCUT2D eigenvalue weighted by atomic mass is 10.0. The van der Waals surface area contributed by atoms with Crippen molar-refractivity contribution in [3.8, 4) is 0 Å². The van der Waals surface area contributed by atoms with Crippen molar-refractivity contribution in [1.82, 2.24) is 10.3 Å². The van der Waals surface area contributed by atoms with Crippen LogP contribution in [0.25, 0.3) is 0 Å². The molecular formula is C13H21N3O2S2. The van der Waals surface area contributed by atoms with E-state index in [0.29, 0.717) is 5.13 Å². The topological polar surface area (TPSA) is 71.1 Å². The first-order valence-electron chi connectivity index (χ1n) is 7.35. The Bertz CT molecular complexity index is 539. The zero-order valence-electron chi connectivity index (χ0n) is 11.5. The van der Waals surface area contributed by atoms with Gasteiger partial charge in [0.1, 0.15) is 0 Å². The van der Waals surface area contributed by atoms with Crippen LogP contribution in [0.3, 0.4) is 0 Å². The van der Waals surface area contributed by atoms with Gasteiger partial charge in [-0.3, -0.25) is 4.72 Å². The summed E-state index contributed by atoms with van der Waals surface area (Å²) in [5, 5.41) is 3.82. The Balaban J connectivity index is 1.64. The number of piperidine rings is 1. The molecule has 0 radical (unpaired) electrons. The Labute approximate surface area is 124 Å². The monoisotopic (exact) mass is 315 g/mol. The van der Waals surface area contributed by atoms with Crippen LogP contribution >= 0.6 is 11.3 Å². The van der Waals surface area contributed by atoms with Crippen LogP contribution < -0.4 is 10.0 Å². The molecule has 1 unspecified atom stereocenters. The quantitative estimate of drug-likeness (QED) is 0.890. The standard InChI is InChI=1S/C13H21N3O2S2/c17-20(18,9-10-5-3-4-8-14-10)16-13-15-11-6-1-2-7-12(11)19-13/h10,14H,1-9H2,(H,15,16). The van der Waals surface area contributed by atoms with Crippen molar-refractivity contribution in [2.75, 3.05) is 17.0 Å². The molecule has 0 bridgehead atoms. The van der Waals surface area contributed by atoms with Gasteiger partial charge in [0.25, 0.3) is 0 Å². The molecule has 2 heterocycles. The van der Waals surface area contributed by atoms with Crippen LogP contribution in [0.15, 0.2) is 0 Å². The average molecular weight is 315 g/mol. The molecule has 5 nitrogen and oxygen atoms in total. The van der Waals surface area contributed by atoms with Crippen molar-refractivity contribution in [3.63, 3.8) is 0 Å². The summed E-state index contributed by atoms with van der Waals surface area (Å²) >= 11 is 1.50. The number of nitrogens with one attached hydrogen (secondary N) is 2. The molecule has 3 rings (SSSR count). The molecule has 1 saturated heterocycles. The Hall–Kier alpha value is -0.660. The van der Waals surface area contributed by atoms with E-state index >= 15 is 0 Å². The number of thiazole rings is 1. The van der Waals surface area contributed by atoms with Gasteiger partial charge in [-0.25, -0.2) is 13.4 Å². The van der Waals surface area contributed by atoms with E-state index in [1.807, 2.05) is 0 Å². The highest BCUT2D eigenvalue weighted by Crippen LogP contribution is 2.30. The van der Waals surface area contributed by atoms with Crippen LogP contribution in [0.5, 0.6) is 0 Å². The van der Waals surface area contributed by atoms with E-state index in [2.05, 4.69) is 15.0 Å². The molecule has 1 aromatic rings. The second-order valence-electron chi connectivity index (χ2n) is 5.63. The second kappa shape index (κ2) is 5.99. The Morgan fingerprint density at radius 2 is 2.10 bits per heavy atom. The molecule has 0 aromatic carbocycles. The summed E-state index contributed by atoms with van der Waals surface area (Å²) in [7, 11) is -3.30. The fraction of sp³-hybridized carbons (Fsp3) is 0.769. The van der Waals surface area contributed by atoms with Gasteiger partial charge in [-0.15, -0.1) is 11.3 Å². The van der Waals surface area contributed by atoms with Crippen molar-refractivity contribution in [2.24, 2.45) is 0 Å². The smallest absolute Gasteiger partial charge is 0.236 e. The summed E-state index contributed by atoms with van der Waals surface area (Å²) in [6, 6.07) is 0.0795. The van der Waals surface area contributed by atoms with Crippen molar-refractivity contribution in [3.05, 3.63) is 10.6 Å². The summed E-state index contributed by atoms with van der Waals surface area (Å²) in [6.45, 7) is 0.922. The number of rotatable bonds is 4. The van der Waals surface area contributed by atoms with Gasteiger partial charge in [-0.2, -0.15) is 0 Å². The van der Waals surface area contributed by atoms with E-state index in [9.17, 15) is 8.42 Å². The first-order chi connectivity index (χ1) is 9.62. The second-order valence-corrected chi connectivity index (χ2v) is 8.48. The van der Waals surface area contributed by atoms with Crippen molar-refractivity contribution in [2.45, 2.75) is 51.0 Å². The predicted molar refractivity (Wildman–Crippen MR) is 81.8 cm³/mol. The van der Waals surface area contributed by atoms with Gasteiger partial charge in [0, 0.05) is 10.9 Å². The van der Waals surface area contributed by atoms with Gasteiger partial charge >= 0.3 is 0 Å². The van der Waals surface area contributed by atoms with Crippen molar-refractivity contribution < 1.29 is 8.42 Å². The van der Waals surface area contributed by atoms with E-state index < -0.39 is 10.0 Å². The Morgan fingerprint density at radius 3 is 2.85 bits per heavy atom. The molecule has 2 N–H and O–H groups in total. The number of sulfonamides is 1. The van der Waals surface area contributed by atoms with Gasteiger partial charge in [0.05, 0.1) is 11.4 Å². The molecule has 112 valence electrons. The molecule has 20 heavy (non-hydrogen) atoms. The summed E-state index contributed by atoms with van der Waals surface area (Å²) in [5.41, 5.74) is 1.09.